The van der Waals surface area contributed by atoms with Gasteiger partial charge in [0.15, 0.2) is 0 Å². The molecule has 0 aromatic heterocycles. The van der Waals surface area contributed by atoms with Crippen LogP contribution in [0.25, 0.3) is 0 Å². The molecule has 11 nitrogen and oxygen atoms in total. The van der Waals surface area contributed by atoms with Gasteiger partial charge in [-0.15, -0.1) is 0 Å². The van der Waals surface area contributed by atoms with Gasteiger partial charge < -0.3 is 0 Å². The van der Waals surface area contributed by atoms with E-state index in [0.717, 1.165) is 0 Å². The van der Waals surface area contributed by atoms with Crippen LogP contribution in [0.2, 0.25) is 0 Å². The number of ether oxygens (including phenoxy) is 3. The van der Waals surface area contributed by atoms with Crippen LogP contribution in [0.15, 0.2) is 0 Å². The molecular formula is C12H22O11Se. The molecule has 0 bridgehead atoms. The summed E-state index contributed by atoms with van der Waals surface area (Å²) in [4.78, 5) is 0. The monoisotopic (exact) mass is 422 g/mol. The van der Waals surface area contributed by atoms with Crippen molar-refractivity contribution in [1.29, 1.82) is 0 Å². The molecule has 2 fully saturated rings. The fraction of sp³-hybridized carbons (Fsp3) is 1.00. The molecule has 0 aromatic carbocycles. The molecule has 142 valence electrons. The first-order valence-corrected chi connectivity index (χ1v) is 7.97. The maximum absolute atomic E-state index is 10.1. The van der Waals surface area contributed by atoms with Crippen LogP contribution in [0.4, 0.5) is 0 Å². The van der Waals surface area contributed by atoms with E-state index in [0.29, 0.717) is 0 Å². The van der Waals surface area contributed by atoms with Crippen LogP contribution < -0.4 is 0 Å². The van der Waals surface area contributed by atoms with Crippen molar-refractivity contribution in [2.45, 2.75) is 54.8 Å². The molecule has 7 N–H and O–H groups in total. The summed E-state index contributed by atoms with van der Waals surface area (Å²) in [6, 6.07) is 0. The fourth-order valence-corrected chi connectivity index (χ4v) is 3.00. The summed E-state index contributed by atoms with van der Waals surface area (Å²) in [5.41, 5.74) is 0. The second kappa shape index (κ2) is 8.18. The van der Waals surface area contributed by atoms with E-state index in [1.165, 1.54) is 0 Å². The Hall–Kier alpha value is 0.0795. The van der Waals surface area contributed by atoms with Crippen LogP contribution in [0.1, 0.15) is 0 Å². The predicted octanol–water partition coefficient (Wildman–Crippen LogP) is -5.56. The molecule has 2 rings (SSSR count). The molecular weight excluding hydrogens is 399 g/mol. The first-order chi connectivity index (χ1) is 11.3. The van der Waals surface area contributed by atoms with E-state index in [9.17, 15) is 30.6 Å². The molecule has 2 saturated heterocycles. The molecule has 9 atom stereocenters. The van der Waals surface area contributed by atoms with E-state index in [4.69, 9.17) is 23.1 Å². The molecule has 12 heteroatoms. The third-order valence-electron chi connectivity index (χ3n) is 4.13. The summed E-state index contributed by atoms with van der Waals surface area (Å²) < 4.78 is 20.6. The number of aliphatic hydroxyl groups is 7. The summed E-state index contributed by atoms with van der Waals surface area (Å²) in [5.74, 6) is -2.19. The average Bonchev–Trinajstić information content (AvgIpc) is 2.82. The second-order valence-electron chi connectivity index (χ2n) is 5.67. The molecule has 0 spiro atoms. The minimum absolute atomic E-state index is 0.151. The molecule has 2 heterocycles. The Bertz CT molecular complexity index is 414. The number of hydrogen-bond acceptors (Lipinski definition) is 11. The van der Waals surface area contributed by atoms with Gasteiger partial charge in [-0.3, -0.25) is 0 Å². The molecule has 0 radical (unpaired) electrons. The van der Waals surface area contributed by atoms with Crippen LogP contribution in [-0.2, 0) is 18.0 Å². The van der Waals surface area contributed by atoms with Crippen molar-refractivity contribution in [2.24, 2.45) is 0 Å². The van der Waals surface area contributed by atoms with Crippen LogP contribution in [0, 0.1) is 0 Å². The van der Waals surface area contributed by atoms with Crippen molar-refractivity contribution in [1.82, 2.24) is 0 Å². The zero-order valence-corrected chi connectivity index (χ0v) is 14.3. The zero-order chi connectivity index (χ0) is 18.1. The summed E-state index contributed by atoms with van der Waals surface area (Å²) in [5, 5.41) is 68.3. The fourth-order valence-electron chi connectivity index (χ4n) is 2.69. The van der Waals surface area contributed by atoms with E-state index in [1.807, 2.05) is 0 Å². The van der Waals surface area contributed by atoms with Gasteiger partial charge in [0.25, 0.3) is 0 Å². The van der Waals surface area contributed by atoms with Crippen molar-refractivity contribution in [3.63, 3.8) is 0 Å². The molecule has 0 unspecified atom stereocenters. The number of hydrogen-bond donors (Lipinski definition) is 7. The normalized spacial score (nSPS) is 49.5. The Morgan fingerprint density at radius 2 is 1.58 bits per heavy atom. The topological polar surface area (TPSA) is 179 Å². The van der Waals surface area contributed by atoms with Crippen molar-refractivity contribution in [3.05, 3.63) is 0 Å². The van der Waals surface area contributed by atoms with Crippen LogP contribution in [0.5, 0.6) is 0 Å². The molecule has 2 aliphatic rings. The average molecular weight is 421 g/mol. The van der Waals surface area contributed by atoms with Gasteiger partial charge in [-0.25, -0.2) is 0 Å². The van der Waals surface area contributed by atoms with Crippen LogP contribution in [-0.4, -0.2) is 127 Å². The summed E-state index contributed by atoms with van der Waals surface area (Å²) >= 11 is 1.78. The SMILES string of the molecule is OC[C@H]1O[C@@](CO)(O[C@H]2O[C@H](CO[SeH])[C@@H](O)[C@H](O)[C@H]2O)[C@@H](O)[C@@H]1O. The minimum atomic E-state index is -2.19. The van der Waals surface area contributed by atoms with E-state index >= 15 is 0 Å². The van der Waals surface area contributed by atoms with Crippen molar-refractivity contribution in [3.8, 4) is 0 Å². The Labute approximate surface area is 145 Å². The van der Waals surface area contributed by atoms with Gasteiger partial charge in [-0.2, -0.15) is 0 Å². The zero-order valence-electron chi connectivity index (χ0n) is 12.5. The van der Waals surface area contributed by atoms with E-state index in [2.05, 4.69) is 0 Å². The quantitative estimate of drug-likeness (QED) is 0.203. The Kier molecular flexibility index (Phi) is 6.95. The van der Waals surface area contributed by atoms with Crippen molar-refractivity contribution < 1.29 is 53.8 Å². The van der Waals surface area contributed by atoms with E-state index in [-0.39, 0.29) is 6.61 Å². The van der Waals surface area contributed by atoms with Gasteiger partial charge in [0.05, 0.1) is 0 Å². The molecule has 0 aromatic rings. The van der Waals surface area contributed by atoms with Gasteiger partial charge in [-0.05, 0) is 0 Å². The van der Waals surface area contributed by atoms with E-state index in [1.54, 1.807) is 16.3 Å². The Morgan fingerprint density at radius 3 is 2.08 bits per heavy atom. The van der Waals surface area contributed by atoms with Gasteiger partial charge in [-0.1, -0.05) is 0 Å². The second-order valence-corrected chi connectivity index (χ2v) is 6.21. The molecule has 2 aliphatic heterocycles. The summed E-state index contributed by atoms with van der Waals surface area (Å²) in [6.45, 7) is -1.73. The Balaban J connectivity index is 2.17. The van der Waals surface area contributed by atoms with Gasteiger partial charge in [0, 0.05) is 0 Å². The number of aliphatic hydroxyl groups excluding tert-OH is 7. The molecule has 0 saturated carbocycles. The molecule has 0 amide bonds. The number of rotatable bonds is 6. The van der Waals surface area contributed by atoms with Crippen molar-refractivity contribution in [2.75, 3.05) is 19.8 Å². The maximum atomic E-state index is 10.1. The van der Waals surface area contributed by atoms with Crippen LogP contribution >= 0.6 is 0 Å². The van der Waals surface area contributed by atoms with Gasteiger partial charge >= 0.3 is 145 Å². The molecule has 24 heavy (non-hydrogen) atoms. The third kappa shape index (κ3) is 3.62. The van der Waals surface area contributed by atoms with Crippen molar-refractivity contribution >= 4 is 16.3 Å². The first kappa shape index (κ1) is 20.4. The third-order valence-corrected chi connectivity index (χ3v) is 4.44. The predicted molar refractivity (Wildman–Crippen MR) is 74.7 cm³/mol. The van der Waals surface area contributed by atoms with Gasteiger partial charge in [0.1, 0.15) is 0 Å². The first-order valence-electron chi connectivity index (χ1n) is 7.20. The van der Waals surface area contributed by atoms with E-state index < -0.39 is 68.0 Å². The van der Waals surface area contributed by atoms with Crippen LogP contribution in [0.3, 0.4) is 0 Å². The Morgan fingerprint density at radius 1 is 0.917 bits per heavy atom. The standard InChI is InChI=1S/C12H22O11Se/c13-1-4-7(16)10(19)12(3-14,22-4)23-11-9(18)8(17)6(15)5(21-11)2-20-24/h4-11,13-19,24H,1-3H2/t4-,5-,6-,7-,8+,9-,10+,11-,12+/m1/s1. The summed E-state index contributed by atoms with van der Waals surface area (Å²) in [7, 11) is 0. The van der Waals surface area contributed by atoms with Gasteiger partial charge in [0.2, 0.25) is 0 Å². The summed E-state index contributed by atoms with van der Waals surface area (Å²) in [6.07, 6.45) is -12.0. The molecule has 0 aliphatic carbocycles.